The molecule has 2 N–H and O–H groups in total. The molecule has 0 aliphatic heterocycles. The van der Waals surface area contributed by atoms with Crippen LogP contribution in [0, 0.1) is 0 Å². The zero-order valence-corrected chi connectivity index (χ0v) is 11.8. The Hall–Kier alpha value is -1.94. The zero-order chi connectivity index (χ0) is 16.0. The molecule has 0 fully saturated rings. The predicted octanol–water partition coefficient (Wildman–Crippen LogP) is 1.35. The number of aliphatic carboxylic acids is 1. The third-order valence-electron chi connectivity index (χ3n) is 2.38. The monoisotopic (exact) mass is 324 g/mol. The van der Waals surface area contributed by atoms with Crippen molar-refractivity contribution in [1.29, 1.82) is 0 Å². The lowest BCUT2D eigenvalue weighted by molar-refractivity contribution is -0.137. The zero-order valence-electron chi connectivity index (χ0n) is 11.0. The van der Waals surface area contributed by atoms with Gasteiger partial charge in [-0.15, -0.1) is 0 Å². The molecule has 21 heavy (non-hydrogen) atoms. The molecule has 0 saturated carbocycles. The molecule has 0 heterocycles. The Morgan fingerprint density at radius 3 is 2.43 bits per heavy atom. The average Bonchev–Trinajstić information content (AvgIpc) is 2.37. The van der Waals surface area contributed by atoms with Gasteiger partial charge in [0.2, 0.25) is 0 Å². The number of alkyl halides is 2. The van der Waals surface area contributed by atoms with E-state index in [9.17, 15) is 22.0 Å². The van der Waals surface area contributed by atoms with Crippen LogP contribution in [0.15, 0.2) is 24.3 Å². The molecular weight excluding hydrogens is 310 g/mol. The van der Waals surface area contributed by atoms with E-state index in [1.807, 2.05) is 0 Å². The van der Waals surface area contributed by atoms with Crippen molar-refractivity contribution >= 4 is 21.9 Å². The van der Waals surface area contributed by atoms with Crippen LogP contribution in [0.3, 0.4) is 0 Å². The van der Waals surface area contributed by atoms with Crippen LogP contribution in [0.5, 0.6) is 5.75 Å². The Morgan fingerprint density at radius 2 is 1.95 bits per heavy atom. The number of benzene rings is 1. The van der Waals surface area contributed by atoms with Gasteiger partial charge in [-0.1, -0.05) is 0 Å². The molecule has 0 unspecified atom stereocenters. The minimum atomic E-state index is -3.91. The molecule has 118 valence electrons. The van der Waals surface area contributed by atoms with E-state index in [0.29, 0.717) is 0 Å². The van der Waals surface area contributed by atoms with Crippen LogP contribution in [-0.2, 0) is 15.0 Å². The molecule has 0 aromatic heterocycles. The fourth-order valence-corrected chi connectivity index (χ4v) is 2.23. The van der Waals surface area contributed by atoms with E-state index in [0.717, 1.165) is 4.31 Å². The average molecular weight is 324 g/mol. The maximum Gasteiger partial charge on any atom is 0.387 e. The molecule has 0 aliphatic rings. The summed E-state index contributed by atoms with van der Waals surface area (Å²) in [6.07, 6.45) is -0.335. The summed E-state index contributed by atoms with van der Waals surface area (Å²) in [5, 5.41) is 8.50. The standard InChI is InChI=1S/C11H14F2N2O5S/c1-15(7-6-10(16)17)21(18,19)14-8-2-4-9(5-3-8)20-11(12)13/h2-5,11,14H,6-7H2,1H3,(H,16,17). The second-order valence-corrected chi connectivity index (χ2v) is 5.75. The highest BCUT2D eigenvalue weighted by Crippen LogP contribution is 2.19. The molecule has 0 spiro atoms. The van der Waals surface area contributed by atoms with E-state index in [4.69, 9.17) is 5.11 Å². The van der Waals surface area contributed by atoms with E-state index >= 15 is 0 Å². The number of rotatable bonds is 8. The lowest BCUT2D eigenvalue weighted by atomic mass is 10.3. The summed E-state index contributed by atoms with van der Waals surface area (Å²) in [6, 6.07) is 4.86. The third-order valence-corrected chi connectivity index (χ3v) is 3.87. The second-order valence-electron chi connectivity index (χ2n) is 3.98. The number of nitrogens with zero attached hydrogens (tertiary/aromatic N) is 1. The summed E-state index contributed by atoms with van der Waals surface area (Å²) >= 11 is 0. The number of ether oxygens (including phenoxy) is 1. The largest absolute Gasteiger partial charge is 0.481 e. The second kappa shape index (κ2) is 7.18. The fraction of sp³-hybridized carbons (Fsp3) is 0.364. The Bertz CT molecular complexity index is 577. The van der Waals surface area contributed by atoms with Gasteiger partial charge in [-0.25, -0.2) is 0 Å². The Kier molecular flexibility index (Phi) is 5.85. The van der Waals surface area contributed by atoms with E-state index < -0.39 is 22.8 Å². The van der Waals surface area contributed by atoms with Crippen molar-refractivity contribution in [1.82, 2.24) is 4.31 Å². The van der Waals surface area contributed by atoms with Gasteiger partial charge in [0.1, 0.15) is 5.75 Å². The number of hydrogen-bond acceptors (Lipinski definition) is 4. The number of carbonyl (C=O) groups is 1. The van der Waals surface area contributed by atoms with Gasteiger partial charge in [-0.2, -0.15) is 21.5 Å². The van der Waals surface area contributed by atoms with Crippen molar-refractivity contribution < 1.29 is 31.8 Å². The minimum absolute atomic E-state index is 0.104. The molecule has 7 nitrogen and oxygen atoms in total. The first-order valence-corrected chi connectivity index (χ1v) is 7.15. The Morgan fingerprint density at radius 1 is 1.38 bits per heavy atom. The molecule has 1 aromatic rings. The summed E-state index contributed by atoms with van der Waals surface area (Å²) in [5.74, 6) is -1.22. The molecule has 0 atom stereocenters. The molecule has 0 amide bonds. The number of nitrogens with one attached hydrogen (secondary N) is 1. The fourth-order valence-electron chi connectivity index (χ4n) is 1.30. The van der Waals surface area contributed by atoms with Crippen molar-refractivity contribution in [3.8, 4) is 5.75 Å². The van der Waals surface area contributed by atoms with Crippen molar-refractivity contribution in [2.45, 2.75) is 13.0 Å². The Balaban J connectivity index is 2.68. The highest BCUT2D eigenvalue weighted by Gasteiger charge is 2.18. The highest BCUT2D eigenvalue weighted by molar-refractivity contribution is 7.90. The molecule has 0 saturated heterocycles. The smallest absolute Gasteiger partial charge is 0.387 e. The first-order chi connectivity index (χ1) is 9.70. The lowest BCUT2D eigenvalue weighted by Gasteiger charge is -2.17. The Labute approximate surface area is 120 Å². The first-order valence-electron chi connectivity index (χ1n) is 5.71. The number of carboxylic acid groups (broad SMARTS) is 1. The molecule has 0 bridgehead atoms. The SMILES string of the molecule is CN(CCC(=O)O)S(=O)(=O)Nc1ccc(OC(F)F)cc1. The van der Waals surface area contributed by atoms with E-state index in [-0.39, 0.29) is 24.4 Å². The topological polar surface area (TPSA) is 95.9 Å². The highest BCUT2D eigenvalue weighted by atomic mass is 32.2. The summed E-state index contributed by atoms with van der Waals surface area (Å²) < 4.78 is 54.8. The number of anilines is 1. The van der Waals surface area contributed by atoms with Gasteiger partial charge in [0.15, 0.2) is 0 Å². The normalized spacial score (nSPS) is 11.7. The van der Waals surface area contributed by atoms with Gasteiger partial charge in [0, 0.05) is 13.6 Å². The van der Waals surface area contributed by atoms with Crippen LogP contribution in [0.4, 0.5) is 14.5 Å². The maximum absolute atomic E-state index is 12.0. The molecule has 1 aromatic carbocycles. The summed E-state index contributed by atoms with van der Waals surface area (Å²) in [4.78, 5) is 10.4. The number of hydrogen-bond donors (Lipinski definition) is 2. The van der Waals surface area contributed by atoms with Crippen molar-refractivity contribution in [2.75, 3.05) is 18.3 Å². The molecule has 0 aliphatic carbocycles. The summed E-state index contributed by atoms with van der Waals surface area (Å²) in [7, 11) is -2.69. The minimum Gasteiger partial charge on any atom is -0.481 e. The molecule has 1 rings (SSSR count). The first kappa shape index (κ1) is 17.1. The van der Waals surface area contributed by atoms with Gasteiger partial charge in [-0.3, -0.25) is 9.52 Å². The summed E-state index contributed by atoms with van der Waals surface area (Å²) in [5.41, 5.74) is 0.138. The van der Waals surface area contributed by atoms with E-state index in [1.165, 1.54) is 31.3 Å². The molecular formula is C11H14F2N2O5S. The summed E-state index contributed by atoms with van der Waals surface area (Å²) in [6.45, 7) is -3.16. The van der Waals surface area contributed by atoms with Crippen LogP contribution >= 0.6 is 0 Å². The van der Waals surface area contributed by atoms with Gasteiger partial charge in [0.25, 0.3) is 0 Å². The van der Waals surface area contributed by atoms with Crippen molar-refractivity contribution in [2.24, 2.45) is 0 Å². The van der Waals surface area contributed by atoms with Crippen LogP contribution in [-0.4, -0.2) is 44.0 Å². The van der Waals surface area contributed by atoms with Crippen molar-refractivity contribution in [3.63, 3.8) is 0 Å². The third kappa shape index (κ3) is 5.92. The lowest BCUT2D eigenvalue weighted by Crippen LogP contribution is -2.34. The van der Waals surface area contributed by atoms with Gasteiger partial charge in [0.05, 0.1) is 12.1 Å². The van der Waals surface area contributed by atoms with E-state index in [1.54, 1.807) is 0 Å². The molecule has 0 radical (unpaired) electrons. The van der Waals surface area contributed by atoms with Crippen LogP contribution < -0.4 is 9.46 Å². The van der Waals surface area contributed by atoms with Crippen LogP contribution in [0.2, 0.25) is 0 Å². The quantitative estimate of drug-likeness (QED) is 0.752. The van der Waals surface area contributed by atoms with Gasteiger partial charge in [-0.05, 0) is 24.3 Å². The van der Waals surface area contributed by atoms with Crippen LogP contribution in [0.25, 0.3) is 0 Å². The van der Waals surface area contributed by atoms with Gasteiger partial charge >= 0.3 is 22.8 Å². The van der Waals surface area contributed by atoms with Crippen molar-refractivity contribution in [3.05, 3.63) is 24.3 Å². The van der Waals surface area contributed by atoms with Gasteiger partial charge < -0.3 is 9.84 Å². The van der Waals surface area contributed by atoms with E-state index in [2.05, 4.69) is 9.46 Å². The maximum atomic E-state index is 12.0. The van der Waals surface area contributed by atoms with Crippen LogP contribution in [0.1, 0.15) is 6.42 Å². The number of carboxylic acids is 1. The molecule has 10 heteroatoms. The number of halogens is 2. The predicted molar refractivity (Wildman–Crippen MR) is 70.5 cm³/mol.